The topological polar surface area (TPSA) is 69.6 Å². The minimum Gasteiger partial charge on any atom is -0.497 e. The third-order valence-electron chi connectivity index (χ3n) is 3.90. The summed E-state index contributed by atoms with van der Waals surface area (Å²) in [6.07, 6.45) is 1.61. The quantitative estimate of drug-likeness (QED) is 0.765. The van der Waals surface area contributed by atoms with Crippen molar-refractivity contribution in [3.63, 3.8) is 0 Å². The molecule has 0 saturated heterocycles. The number of ether oxygens (including phenoxy) is 2. The zero-order valence-corrected chi connectivity index (χ0v) is 14.4. The van der Waals surface area contributed by atoms with E-state index in [1.165, 1.54) is 4.57 Å². The highest BCUT2D eigenvalue weighted by Gasteiger charge is 2.14. The van der Waals surface area contributed by atoms with Crippen LogP contribution in [0, 0.1) is 0 Å². The highest BCUT2D eigenvalue weighted by Crippen LogP contribution is 2.17. The van der Waals surface area contributed by atoms with Gasteiger partial charge in [0.15, 0.2) is 0 Å². The van der Waals surface area contributed by atoms with Gasteiger partial charge in [0, 0.05) is 17.3 Å². The van der Waals surface area contributed by atoms with E-state index in [0.29, 0.717) is 28.4 Å². The van der Waals surface area contributed by atoms with Gasteiger partial charge >= 0.3 is 0 Å². The van der Waals surface area contributed by atoms with Gasteiger partial charge in [-0.15, -0.1) is 0 Å². The molecule has 0 saturated carbocycles. The molecule has 1 amide bonds. The van der Waals surface area contributed by atoms with Crippen molar-refractivity contribution in [1.82, 2.24) is 4.57 Å². The second-order valence-electron chi connectivity index (χ2n) is 5.48. The van der Waals surface area contributed by atoms with Crippen LogP contribution in [0.1, 0.15) is 20.7 Å². The van der Waals surface area contributed by atoms with Crippen LogP contribution in [0.3, 0.4) is 0 Å². The second-order valence-corrected chi connectivity index (χ2v) is 5.48. The molecule has 0 fully saturated rings. The summed E-state index contributed by atoms with van der Waals surface area (Å²) in [6, 6.07) is 16.9. The van der Waals surface area contributed by atoms with Gasteiger partial charge in [-0.3, -0.25) is 14.2 Å². The van der Waals surface area contributed by atoms with E-state index in [9.17, 15) is 9.59 Å². The van der Waals surface area contributed by atoms with Crippen molar-refractivity contribution in [2.24, 2.45) is 0 Å². The maximum absolute atomic E-state index is 12.7. The number of rotatable bonds is 5. The van der Waals surface area contributed by atoms with Gasteiger partial charge in [-0.1, -0.05) is 0 Å². The molecule has 0 bridgehead atoms. The van der Waals surface area contributed by atoms with Gasteiger partial charge in [0.2, 0.25) is 0 Å². The average molecular weight is 350 g/mol. The average Bonchev–Trinajstić information content (AvgIpc) is 3.15. The zero-order valence-electron chi connectivity index (χ0n) is 14.4. The van der Waals surface area contributed by atoms with Gasteiger partial charge < -0.3 is 14.8 Å². The number of nitrogens with zero attached hydrogens (tertiary/aromatic N) is 1. The number of anilines is 1. The second kappa shape index (κ2) is 7.57. The first-order chi connectivity index (χ1) is 12.6. The predicted molar refractivity (Wildman–Crippen MR) is 98.1 cm³/mol. The smallest absolute Gasteiger partial charge is 0.263 e. The number of methoxy groups -OCH3 is 2. The van der Waals surface area contributed by atoms with Gasteiger partial charge in [-0.2, -0.15) is 0 Å². The summed E-state index contributed by atoms with van der Waals surface area (Å²) < 4.78 is 11.6. The molecular weight excluding hydrogens is 332 g/mol. The van der Waals surface area contributed by atoms with Crippen molar-refractivity contribution in [2.45, 2.75) is 0 Å². The molecule has 3 rings (SSSR count). The monoisotopic (exact) mass is 350 g/mol. The van der Waals surface area contributed by atoms with Crippen LogP contribution in [-0.2, 0) is 0 Å². The number of carbonyl (C=O) groups excluding carboxylic acids is 2. The minimum atomic E-state index is -0.310. The summed E-state index contributed by atoms with van der Waals surface area (Å²) in [7, 11) is 3.13. The number of hydrogen-bond acceptors (Lipinski definition) is 4. The Labute approximate surface area is 151 Å². The molecule has 0 radical (unpaired) electrons. The van der Waals surface area contributed by atoms with Crippen LogP contribution in [0.2, 0.25) is 0 Å². The Hall–Kier alpha value is -3.54. The fourth-order valence-corrected chi connectivity index (χ4v) is 2.46. The predicted octanol–water partition coefficient (Wildman–Crippen LogP) is 3.45. The lowest BCUT2D eigenvalue weighted by atomic mass is 10.2. The highest BCUT2D eigenvalue weighted by molar-refractivity contribution is 6.06. The Bertz CT molecular complexity index is 912. The van der Waals surface area contributed by atoms with E-state index in [1.54, 1.807) is 81.1 Å². The number of amides is 1. The molecule has 6 heteroatoms. The van der Waals surface area contributed by atoms with Gasteiger partial charge in [0.25, 0.3) is 11.8 Å². The molecule has 0 aliphatic carbocycles. The lowest BCUT2D eigenvalue weighted by Gasteiger charge is -2.10. The van der Waals surface area contributed by atoms with Gasteiger partial charge in [0.05, 0.1) is 14.2 Å². The van der Waals surface area contributed by atoms with E-state index in [-0.39, 0.29) is 11.8 Å². The zero-order chi connectivity index (χ0) is 18.5. The normalized spacial score (nSPS) is 10.2. The molecular formula is C20H18N2O4. The molecule has 3 aromatic rings. The van der Waals surface area contributed by atoms with Crippen molar-refractivity contribution in [2.75, 3.05) is 19.5 Å². The SMILES string of the molecule is COc1ccc(C(=O)Nc2cccn2C(=O)c2ccc(OC)cc2)cc1. The first-order valence-corrected chi connectivity index (χ1v) is 7.94. The standard InChI is InChI=1S/C20H18N2O4/c1-25-16-9-5-14(6-10-16)19(23)21-18-4-3-13-22(18)20(24)15-7-11-17(26-2)12-8-15/h3-13H,1-2H3,(H,21,23). The van der Waals surface area contributed by atoms with Gasteiger partial charge in [-0.25, -0.2) is 0 Å². The number of carbonyl (C=O) groups is 2. The molecule has 132 valence electrons. The molecule has 6 nitrogen and oxygen atoms in total. The number of hydrogen-bond donors (Lipinski definition) is 1. The van der Waals surface area contributed by atoms with E-state index in [2.05, 4.69) is 5.32 Å². The van der Waals surface area contributed by atoms with E-state index < -0.39 is 0 Å². The van der Waals surface area contributed by atoms with Gasteiger partial charge in [-0.05, 0) is 60.7 Å². The molecule has 1 heterocycles. The Morgan fingerprint density at radius 2 is 1.35 bits per heavy atom. The molecule has 1 aromatic heterocycles. The molecule has 2 aromatic carbocycles. The summed E-state index contributed by atoms with van der Waals surface area (Å²) in [6.45, 7) is 0. The highest BCUT2D eigenvalue weighted by atomic mass is 16.5. The van der Waals surface area contributed by atoms with Crippen LogP contribution < -0.4 is 14.8 Å². The van der Waals surface area contributed by atoms with Crippen molar-refractivity contribution in [1.29, 1.82) is 0 Å². The van der Waals surface area contributed by atoms with E-state index in [0.717, 1.165) is 0 Å². The number of nitrogens with one attached hydrogen (secondary N) is 1. The maximum Gasteiger partial charge on any atom is 0.263 e. The molecule has 0 aliphatic rings. The molecule has 0 aliphatic heterocycles. The van der Waals surface area contributed by atoms with Crippen LogP contribution in [0.4, 0.5) is 5.82 Å². The third kappa shape index (κ3) is 3.59. The van der Waals surface area contributed by atoms with Gasteiger partial charge in [0.1, 0.15) is 17.3 Å². The Morgan fingerprint density at radius 3 is 1.88 bits per heavy atom. The lowest BCUT2D eigenvalue weighted by Crippen LogP contribution is -2.19. The largest absolute Gasteiger partial charge is 0.497 e. The Kier molecular flexibility index (Phi) is 5.03. The van der Waals surface area contributed by atoms with E-state index in [1.807, 2.05) is 0 Å². The van der Waals surface area contributed by atoms with Crippen LogP contribution in [0.25, 0.3) is 0 Å². The van der Waals surface area contributed by atoms with Crippen LogP contribution in [0.5, 0.6) is 11.5 Å². The number of benzene rings is 2. The van der Waals surface area contributed by atoms with Crippen LogP contribution >= 0.6 is 0 Å². The summed E-state index contributed by atoms with van der Waals surface area (Å²) in [4.78, 5) is 25.1. The maximum atomic E-state index is 12.7. The number of aromatic nitrogens is 1. The van der Waals surface area contributed by atoms with Crippen LogP contribution in [-0.4, -0.2) is 30.6 Å². The van der Waals surface area contributed by atoms with Crippen molar-refractivity contribution < 1.29 is 19.1 Å². The fraction of sp³-hybridized carbons (Fsp3) is 0.100. The summed E-state index contributed by atoms with van der Waals surface area (Å²) in [5.74, 6) is 1.17. The van der Waals surface area contributed by atoms with E-state index >= 15 is 0 Å². The van der Waals surface area contributed by atoms with Crippen molar-refractivity contribution in [3.8, 4) is 11.5 Å². The molecule has 26 heavy (non-hydrogen) atoms. The Morgan fingerprint density at radius 1 is 0.808 bits per heavy atom. The minimum absolute atomic E-state index is 0.248. The molecule has 0 spiro atoms. The lowest BCUT2D eigenvalue weighted by molar-refractivity contribution is 0.0962. The van der Waals surface area contributed by atoms with E-state index in [4.69, 9.17) is 9.47 Å². The summed E-state index contributed by atoms with van der Waals surface area (Å²) >= 11 is 0. The first kappa shape index (κ1) is 17.3. The van der Waals surface area contributed by atoms with Crippen molar-refractivity contribution in [3.05, 3.63) is 78.0 Å². The summed E-state index contributed by atoms with van der Waals surface area (Å²) in [5.41, 5.74) is 0.956. The molecule has 0 unspecified atom stereocenters. The fourth-order valence-electron chi connectivity index (χ4n) is 2.46. The van der Waals surface area contributed by atoms with Crippen LogP contribution in [0.15, 0.2) is 66.9 Å². The van der Waals surface area contributed by atoms with Crippen molar-refractivity contribution >= 4 is 17.6 Å². The molecule has 1 N–H and O–H groups in total. The summed E-state index contributed by atoms with van der Waals surface area (Å²) in [5, 5.41) is 2.76. The Balaban J connectivity index is 1.78. The molecule has 0 atom stereocenters. The third-order valence-corrected chi connectivity index (χ3v) is 3.90. The first-order valence-electron chi connectivity index (χ1n) is 7.94.